The molecule has 100 valence electrons. The Morgan fingerprint density at radius 1 is 1.50 bits per heavy atom. The van der Waals surface area contributed by atoms with Crippen LogP contribution in [-0.4, -0.2) is 42.2 Å². The maximum atomic E-state index is 12.2. The topological polar surface area (TPSA) is 52.6 Å². The van der Waals surface area contributed by atoms with Crippen molar-refractivity contribution in [3.63, 3.8) is 0 Å². The van der Waals surface area contributed by atoms with E-state index in [0.717, 1.165) is 17.8 Å². The second kappa shape index (κ2) is 6.40. The van der Waals surface area contributed by atoms with E-state index in [2.05, 4.69) is 5.32 Å². The molecule has 1 aromatic rings. The Bertz CT molecular complexity index is 418. The van der Waals surface area contributed by atoms with E-state index < -0.39 is 0 Å². The van der Waals surface area contributed by atoms with Crippen LogP contribution in [0, 0.1) is 6.92 Å². The minimum Gasteiger partial charge on any atom is -0.394 e. The zero-order chi connectivity index (χ0) is 13.7. The van der Waals surface area contributed by atoms with Crippen LogP contribution in [0.25, 0.3) is 0 Å². The van der Waals surface area contributed by atoms with Gasteiger partial charge in [-0.05, 0) is 44.5 Å². The molecule has 1 unspecified atom stereocenters. The number of carbonyl (C=O) groups excluding carboxylic acids is 1. The van der Waals surface area contributed by atoms with Gasteiger partial charge in [-0.1, -0.05) is 0 Å². The third kappa shape index (κ3) is 3.23. The lowest BCUT2D eigenvalue weighted by Gasteiger charge is -2.24. The number of carbonyl (C=O) groups is 1. The van der Waals surface area contributed by atoms with Crippen molar-refractivity contribution in [3.8, 4) is 0 Å². The first kappa shape index (κ1) is 14.5. The predicted molar refractivity (Wildman–Crippen MR) is 74.0 cm³/mol. The van der Waals surface area contributed by atoms with Crippen LogP contribution in [0.2, 0.25) is 0 Å². The summed E-state index contributed by atoms with van der Waals surface area (Å²) in [4.78, 5) is 13.8. The van der Waals surface area contributed by atoms with Gasteiger partial charge in [-0.3, -0.25) is 4.79 Å². The fourth-order valence-electron chi connectivity index (χ4n) is 1.73. The van der Waals surface area contributed by atoms with Gasteiger partial charge in [0.1, 0.15) is 0 Å². The number of nitrogens with one attached hydrogen (secondary N) is 1. The molecule has 4 heteroatoms. The van der Waals surface area contributed by atoms with Gasteiger partial charge >= 0.3 is 0 Å². The number of nitrogens with zero attached hydrogens (tertiary/aromatic N) is 1. The van der Waals surface area contributed by atoms with Crippen molar-refractivity contribution in [2.24, 2.45) is 0 Å². The molecule has 0 bridgehead atoms. The minimum atomic E-state index is -0.176. The number of aryl methyl sites for hydroxylation is 1. The van der Waals surface area contributed by atoms with Crippen LogP contribution in [0.15, 0.2) is 18.2 Å². The van der Waals surface area contributed by atoms with Crippen molar-refractivity contribution in [1.82, 2.24) is 4.90 Å². The van der Waals surface area contributed by atoms with E-state index in [1.807, 2.05) is 39.0 Å². The van der Waals surface area contributed by atoms with Gasteiger partial charge in [0.2, 0.25) is 0 Å². The zero-order valence-corrected chi connectivity index (χ0v) is 11.5. The Hall–Kier alpha value is -1.55. The Morgan fingerprint density at radius 2 is 2.17 bits per heavy atom. The highest BCUT2D eigenvalue weighted by molar-refractivity contribution is 5.96. The lowest BCUT2D eigenvalue weighted by Crippen LogP contribution is -2.37. The van der Waals surface area contributed by atoms with E-state index in [1.54, 1.807) is 11.9 Å². The average Bonchev–Trinajstić information content (AvgIpc) is 2.36. The number of hydrogen-bond acceptors (Lipinski definition) is 3. The minimum absolute atomic E-state index is 0.0310. The summed E-state index contributed by atoms with van der Waals surface area (Å²) in [5.41, 5.74) is 2.64. The van der Waals surface area contributed by atoms with E-state index in [1.165, 1.54) is 0 Å². The quantitative estimate of drug-likeness (QED) is 0.839. The largest absolute Gasteiger partial charge is 0.394 e. The molecule has 0 saturated carbocycles. The first-order valence-electron chi connectivity index (χ1n) is 6.23. The number of benzene rings is 1. The molecule has 0 spiro atoms. The van der Waals surface area contributed by atoms with Crippen molar-refractivity contribution in [2.75, 3.05) is 25.5 Å². The summed E-state index contributed by atoms with van der Waals surface area (Å²) in [5.74, 6) is -0.0582. The zero-order valence-electron chi connectivity index (χ0n) is 11.5. The summed E-state index contributed by atoms with van der Waals surface area (Å²) in [6, 6.07) is 5.52. The third-order valence-electron chi connectivity index (χ3n) is 3.08. The highest BCUT2D eigenvalue weighted by atomic mass is 16.3. The summed E-state index contributed by atoms with van der Waals surface area (Å²) >= 11 is 0. The Morgan fingerprint density at radius 3 is 2.67 bits per heavy atom. The van der Waals surface area contributed by atoms with E-state index in [4.69, 9.17) is 5.11 Å². The van der Waals surface area contributed by atoms with Gasteiger partial charge in [-0.25, -0.2) is 0 Å². The Kier molecular flexibility index (Phi) is 5.16. The number of rotatable bonds is 5. The number of hydrogen-bond donors (Lipinski definition) is 2. The van der Waals surface area contributed by atoms with Gasteiger partial charge in [-0.2, -0.15) is 0 Å². The summed E-state index contributed by atoms with van der Waals surface area (Å²) in [5, 5.41) is 12.3. The standard InChI is InChI=1S/C14H22N2O2/c1-5-15-12-6-7-13(10(2)8-12)14(18)16(4)11(3)9-17/h6-8,11,15,17H,5,9H2,1-4H3. The summed E-state index contributed by atoms with van der Waals surface area (Å²) in [7, 11) is 1.71. The first-order valence-corrected chi connectivity index (χ1v) is 6.23. The molecule has 0 aliphatic rings. The first-order chi connectivity index (χ1) is 8.51. The molecule has 0 heterocycles. The van der Waals surface area contributed by atoms with Crippen molar-refractivity contribution in [1.29, 1.82) is 0 Å². The summed E-state index contributed by atoms with van der Waals surface area (Å²) < 4.78 is 0. The van der Waals surface area contributed by atoms with Crippen LogP contribution in [0.5, 0.6) is 0 Å². The van der Waals surface area contributed by atoms with E-state index >= 15 is 0 Å². The van der Waals surface area contributed by atoms with Gasteiger partial charge in [0.05, 0.1) is 12.6 Å². The van der Waals surface area contributed by atoms with Crippen LogP contribution in [0.1, 0.15) is 29.8 Å². The van der Waals surface area contributed by atoms with Crippen LogP contribution < -0.4 is 5.32 Å². The molecule has 0 aliphatic heterocycles. The molecule has 1 rings (SSSR count). The SMILES string of the molecule is CCNc1ccc(C(=O)N(C)C(C)CO)c(C)c1. The van der Waals surface area contributed by atoms with E-state index in [9.17, 15) is 4.79 Å². The number of likely N-dealkylation sites (N-methyl/N-ethyl adjacent to an activating group) is 1. The van der Waals surface area contributed by atoms with Crippen molar-refractivity contribution in [2.45, 2.75) is 26.8 Å². The Labute approximate surface area is 109 Å². The Balaban J connectivity index is 2.93. The smallest absolute Gasteiger partial charge is 0.254 e. The lowest BCUT2D eigenvalue weighted by molar-refractivity contribution is 0.0681. The molecule has 0 fully saturated rings. The van der Waals surface area contributed by atoms with Crippen molar-refractivity contribution >= 4 is 11.6 Å². The highest BCUT2D eigenvalue weighted by Gasteiger charge is 2.18. The van der Waals surface area contributed by atoms with Crippen LogP contribution >= 0.6 is 0 Å². The number of aliphatic hydroxyl groups excluding tert-OH is 1. The monoisotopic (exact) mass is 250 g/mol. The second-order valence-corrected chi connectivity index (χ2v) is 4.51. The molecule has 2 N–H and O–H groups in total. The van der Waals surface area contributed by atoms with E-state index in [-0.39, 0.29) is 18.6 Å². The summed E-state index contributed by atoms with van der Waals surface area (Å²) in [6.07, 6.45) is 0. The lowest BCUT2D eigenvalue weighted by atomic mass is 10.1. The summed E-state index contributed by atoms with van der Waals surface area (Å²) in [6.45, 7) is 6.60. The molecule has 0 radical (unpaired) electrons. The predicted octanol–water partition coefficient (Wildman–Crippen LogP) is 1.88. The maximum absolute atomic E-state index is 12.2. The average molecular weight is 250 g/mol. The normalized spacial score (nSPS) is 12.1. The molecule has 4 nitrogen and oxygen atoms in total. The van der Waals surface area contributed by atoms with Gasteiger partial charge in [0.25, 0.3) is 5.91 Å². The molecule has 1 atom stereocenters. The molecule has 1 amide bonds. The van der Waals surface area contributed by atoms with E-state index in [0.29, 0.717) is 5.56 Å². The van der Waals surface area contributed by atoms with Crippen molar-refractivity contribution < 1.29 is 9.90 Å². The number of amides is 1. The second-order valence-electron chi connectivity index (χ2n) is 4.51. The molecule has 0 aliphatic carbocycles. The number of aliphatic hydroxyl groups is 1. The van der Waals surface area contributed by atoms with Crippen LogP contribution in [0.3, 0.4) is 0 Å². The molecule has 18 heavy (non-hydrogen) atoms. The molecule has 0 saturated heterocycles. The van der Waals surface area contributed by atoms with Crippen LogP contribution in [-0.2, 0) is 0 Å². The van der Waals surface area contributed by atoms with Gasteiger partial charge in [-0.15, -0.1) is 0 Å². The fourth-order valence-corrected chi connectivity index (χ4v) is 1.73. The maximum Gasteiger partial charge on any atom is 0.254 e. The van der Waals surface area contributed by atoms with Gasteiger partial charge < -0.3 is 15.3 Å². The molecular weight excluding hydrogens is 228 g/mol. The number of anilines is 1. The molecule has 0 aromatic heterocycles. The highest BCUT2D eigenvalue weighted by Crippen LogP contribution is 2.17. The molecular formula is C14H22N2O2. The molecule has 1 aromatic carbocycles. The van der Waals surface area contributed by atoms with Crippen LogP contribution in [0.4, 0.5) is 5.69 Å². The fraction of sp³-hybridized carbons (Fsp3) is 0.500. The van der Waals surface area contributed by atoms with Gasteiger partial charge in [0.15, 0.2) is 0 Å². The third-order valence-corrected chi connectivity index (χ3v) is 3.08. The van der Waals surface area contributed by atoms with Gasteiger partial charge in [0, 0.05) is 24.8 Å². The van der Waals surface area contributed by atoms with Crippen molar-refractivity contribution in [3.05, 3.63) is 29.3 Å².